The highest BCUT2D eigenvalue weighted by Gasteiger charge is 2.25. The van der Waals surface area contributed by atoms with Gasteiger partial charge in [0.15, 0.2) is 5.96 Å². The zero-order valence-corrected chi connectivity index (χ0v) is 14.9. The van der Waals surface area contributed by atoms with E-state index in [0.717, 1.165) is 56.8 Å². The minimum atomic E-state index is 0.130. The van der Waals surface area contributed by atoms with E-state index in [2.05, 4.69) is 22.8 Å². The highest BCUT2D eigenvalue weighted by atomic mass is 16.5. The summed E-state index contributed by atoms with van der Waals surface area (Å²) in [5.74, 6) is 3.37. The van der Waals surface area contributed by atoms with Gasteiger partial charge in [0.05, 0.1) is 25.8 Å². The van der Waals surface area contributed by atoms with Gasteiger partial charge in [-0.2, -0.15) is 0 Å². The fraction of sp³-hybridized carbons (Fsp3) is 0.722. The number of nitrogens with two attached hydrogens (primary N) is 1. The molecule has 0 spiro atoms. The summed E-state index contributed by atoms with van der Waals surface area (Å²) in [7, 11) is 0. The van der Waals surface area contributed by atoms with Crippen LogP contribution >= 0.6 is 0 Å². The van der Waals surface area contributed by atoms with Crippen LogP contribution in [0.3, 0.4) is 0 Å². The number of rotatable bonds is 4. The molecular weight excluding hydrogens is 304 g/mol. The topological polar surface area (TPSA) is 67.2 Å². The van der Waals surface area contributed by atoms with E-state index in [9.17, 15) is 0 Å². The summed E-state index contributed by atoms with van der Waals surface area (Å²) in [5, 5.41) is 0. The number of furan rings is 1. The number of likely N-dealkylation sites (tertiary alicyclic amines) is 1. The number of ether oxygens (including phenoxy) is 1. The molecule has 0 bridgehead atoms. The van der Waals surface area contributed by atoms with Gasteiger partial charge >= 0.3 is 0 Å². The Kier molecular flexibility index (Phi) is 5.79. The summed E-state index contributed by atoms with van der Waals surface area (Å²) in [4.78, 5) is 9.31. The van der Waals surface area contributed by atoms with E-state index in [1.54, 1.807) is 0 Å². The third kappa shape index (κ3) is 4.30. The van der Waals surface area contributed by atoms with Crippen LogP contribution in [0.25, 0.3) is 0 Å². The van der Waals surface area contributed by atoms with E-state index < -0.39 is 0 Å². The lowest BCUT2D eigenvalue weighted by Crippen LogP contribution is -2.44. The summed E-state index contributed by atoms with van der Waals surface area (Å²) in [5.41, 5.74) is 6.26. The van der Waals surface area contributed by atoms with Gasteiger partial charge in [-0.1, -0.05) is 6.92 Å². The van der Waals surface area contributed by atoms with E-state index in [-0.39, 0.29) is 6.04 Å². The molecule has 0 radical (unpaired) electrons. The van der Waals surface area contributed by atoms with Crippen molar-refractivity contribution < 1.29 is 9.15 Å². The molecule has 3 rings (SSSR count). The number of aryl methyl sites for hydroxylation is 1. The van der Waals surface area contributed by atoms with Crippen LogP contribution in [0.4, 0.5) is 0 Å². The van der Waals surface area contributed by atoms with Crippen molar-refractivity contribution in [2.24, 2.45) is 16.6 Å². The zero-order valence-electron chi connectivity index (χ0n) is 14.9. The monoisotopic (exact) mass is 334 g/mol. The first-order chi connectivity index (χ1) is 11.6. The molecule has 0 aliphatic carbocycles. The standard InChI is InChI=1S/C18H30N4O2/c1-14-5-7-22(8-6-14)18(19)20-13-16(17-4-3-15(2)24-17)21-9-11-23-12-10-21/h3-4,14,16H,5-13H2,1-2H3,(H2,19,20). The van der Waals surface area contributed by atoms with E-state index in [0.29, 0.717) is 12.5 Å². The van der Waals surface area contributed by atoms with Crippen molar-refractivity contribution in [3.05, 3.63) is 23.7 Å². The Hall–Kier alpha value is -1.53. The highest BCUT2D eigenvalue weighted by molar-refractivity contribution is 5.78. The molecule has 1 unspecified atom stereocenters. The van der Waals surface area contributed by atoms with Gasteiger partial charge in [-0.3, -0.25) is 9.89 Å². The van der Waals surface area contributed by atoms with E-state index in [1.807, 2.05) is 13.0 Å². The van der Waals surface area contributed by atoms with E-state index in [1.165, 1.54) is 12.8 Å². The van der Waals surface area contributed by atoms with Crippen molar-refractivity contribution in [2.45, 2.75) is 32.7 Å². The van der Waals surface area contributed by atoms with Crippen LogP contribution in [0.5, 0.6) is 0 Å². The molecule has 2 N–H and O–H groups in total. The quantitative estimate of drug-likeness (QED) is 0.674. The molecule has 24 heavy (non-hydrogen) atoms. The molecule has 2 aliphatic heterocycles. The van der Waals surface area contributed by atoms with Gasteiger partial charge < -0.3 is 19.8 Å². The maximum atomic E-state index is 6.26. The van der Waals surface area contributed by atoms with E-state index in [4.69, 9.17) is 19.9 Å². The largest absolute Gasteiger partial charge is 0.465 e. The van der Waals surface area contributed by atoms with Gasteiger partial charge in [0.25, 0.3) is 0 Å². The minimum Gasteiger partial charge on any atom is -0.465 e. The fourth-order valence-electron chi connectivity index (χ4n) is 3.42. The van der Waals surface area contributed by atoms with Crippen molar-refractivity contribution >= 4 is 5.96 Å². The first-order valence-electron chi connectivity index (χ1n) is 9.06. The normalized spacial score (nSPS) is 22.8. The first kappa shape index (κ1) is 17.3. The van der Waals surface area contributed by atoms with Gasteiger partial charge in [0, 0.05) is 26.2 Å². The molecule has 2 aliphatic rings. The number of guanidine groups is 1. The summed E-state index contributed by atoms with van der Waals surface area (Å²) < 4.78 is 11.4. The van der Waals surface area contributed by atoms with Crippen molar-refractivity contribution in [3.63, 3.8) is 0 Å². The Balaban J connectivity index is 1.67. The molecule has 0 saturated carbocycles. The van der Waals surface area contributed by atoms with Gasteiger partial charge in [-0.25, -0.2) is 0 Å². The second-order valence-electron chi connectivity index (χ2n) is 6.98. The number of nitrogens with zero attached hydrogens (tertiary/aromatic N) is 3. The minimum absolute atomic E-state index is 0.130. The third-order valence-corrected chi connectivity index (χ3v) is 5.11. The molecule has 1 aromatic heterocycles. The number of hydrogen-bond acceptors (Lipinski definition) is 4. The molecule has 2 fully saturated rings. The van der Waals surface area contributed by atoms with Crippen LogP contribution in [0.2, 0.25) is 0 Å². The molecule has 0 aromatic carbocycles. The number of piperidine rings is 1. The lowest BCUT2D eigenvalue weighted by atomic mass is 10.00. The number of aliphatic imine (C=N–C) groups is 1. The third-order valence-electron chi connectivity index (χ3n) is 5.11. The predicted molar refractivity (Wildman–Crippen MR) is 95.0 cm³/mol. The van der Waals surface area contributed by atoms with Gasteiger partial charge in [0.2, 0.25) is 0 Å². The Labute approximate surface area is 144 Å². The summed E-state index contributed by atoms with van der Waals surface area (Å²) in [6.07, 6.45) is 2.39. The Bertz CT molecular complexity index is 543. The average Bonchev–Trinajstić information content (AvgIpc) is 3.02. The first-order valence-corrected chi connectivity index (χ1v) is 9.06. The van der Waals surface area contributed by atoms with Crippen LogP contribution in [-0.2, 0) is 4.74 Å². The van der Waals surface area contributed by atoms with E-state index >= 15 is 0 Å². The molecule has 1 atom stereocenters. The maximum Gasteiger partial charge on any atom is 0.191 e. The number of hydrogen-bond donors (Lipinski definition) is 1. The van der Waals surface area contributed by atoms with Crippen molar-refractivity contribution in [1.29, 1.82) is 0 Å². The molecule has 0 amide bonds. The maximum absolute atomic E-state index is 6.26. The average molecular weight is 334 g/mol. The highest BCUT2D eigenvalue weighted by Crippen LogP contribution is 2.24. The van der Waals surface area contributed by atoms with Crippen molar-refractivity contribution in [1.82, 2.24) is 9.80 Å². The number of morpholine rings is 1. The Morgan fingerprint density at radius 1 is 1.25 bits per heavy atom. The van der Waals surface area contributed by atoms with Crippen LogP contribution in [0.1, 0.15) is 37.3 Å². The summed E-state index contributed by atoms with van der Waals surface area (Å²) >= 11 is 0. The van der Waals surface area contributed by atoms with Crippen LogP contribution < -0.4 is 5.73 Å². The van der Waals surface area contributed by atoms with Crippen molar-refractivity contribution in [3.8, 4) is 0 Å². The second kappa shape index (κ2) is 8.03. The van der Waals surface area contributed by atoms with Crippen LogP contribution in [0.15, 0.2) is 21.5 Å². The van der Waals surface area contributed by atoms with Gasteiger partial charge in [-0.15, -0.1) is 0 Å². The molecule has 3 heterocycles. The predicted octanol–water partition coefficient (Wildman–Crippen LogP) is 2.01. The van der Waals surface area contributed by atoms with Gasteiger partial charge in [0.1, 0.15) is 11.5 Å². The fourth-order valence-corrected chi connectivity index (χ4v) is 3.42. The second-order valence-corrected chi connectivity index (χ2v) is 6.98. The zero-order chi connectivity index (χ0) is 16.9. The molecule has 6 heteroatoms. The molecule has 1 aromatic rings. The molecule has 2 saturated heterocycles. The SMILES string of the molecule is Cc1ccc(C(CN=C(N)N2CCC(C)CC2)N2CCOCC2)o1. The van der Waals surface area contributed by atoms with Gasteiger partial charge in [-0.05, 0) is 37.8 Å². The lowest BCUT2D eigenvalue weighted by Gasteiger charge is -2.33. The lowest BCUT2D eigenvalue weighted by molar-refractivity contribution is 0.0135. The Morgan fingerprint density at radius 2 is 1.96 bits per heavy atom. The summed E-state index contributed by atoms with van der Waals surface area (Å²) in [6, 6.07) is 4.20. The van der Waals surface area contributed by atoms with Crippen LogP contribution in [0, 0.1) is 12.8 Å². The van der Waals surface area contributed by atoms with Crippen molar-refractivity contribution in [2.75, 3.05) is 45.9 Å². The smallest absolute Gasteiger partial charge is 0.191 e. The molecule has 6 nitrogen and oxygen atoms in total. The Morgan fingerprint density at radius 3 is 2.58 bits per heavy atom. The van der Waals surface area contributed by atoms with Crippen LogP contribution in [-0.4, -0.2) is 61.7 Å². The molecular formula is C18H30N4O2. The summed E-state index contributed by atoms with van der Waals surface area (Å²) in [6.45, 7) is 10.3. The molecule has 134 valence electrons.